The monoisotopic (exact) mass is 411 g/mol. The first kappa shape index (κ1) is 20.7. The van der Waals surface area contributed by atoms with Crippen LogP contribution >= 0.6 is 0 Å². The van der Waals surface area contributed by atoms with E-state index in [9.17, 15) is 10.2 Å². The minimum Gasteiger partial charge on any atom is -0.490 e. The summed E-state index contributed by atoms with van der Waals surface area (Å²) in [6.07, 6.45) is 3.28. The number of nitrogens with zero attached hydrogens (tertiary/aromatic N) is 2. The Hall–Kier alpha value is -2.61. The maximum absolute atomic E-state index is 10.5. The van der Waals surface area contributed by atoms with E-state index in [4.69, 9.17) is 9.47 Å². The fraction of sp³-hybridized carbons (Fsp3) is 0.435. The number of aromatic nitrogens is 2. The molecule has 0 bridgehead atoms. The number of rotatable bonds is 9. The van der Waals surface area contributed by atoms with Crippen LogP contribution in [-0.4, -0.2) is 64.0 Å². The molecule has 1 atom stereocenters. The SMILES string of the molecule is OCc1cc2c(OCC(O)CN3CCC(COc4ccccn4)CC3)cccc2[nH]1. The quantitative estimate of drug-likeness (QED) is 0.501. The van der Waals surface area contributed by atoms with E-state index in [0.717, 1.165) is 42.5 Å². The number of β-amino-alcohol motifs (C(OH)–C–C–N with tert-alkyl or cyclic N) is 1. The third kappa shape index (κ3) is 5.30. The Morgan fingerprint density at radius 1 is 1.13 bits per heavy atom. The smallest absolute Gasteiger partial charge is 0.213 e. The van der Waals surface area contributed by atoms with Gasteiger partial charge in [-0.05, 0) is 56.1 Å². The minimum atomic E-state index is -0.558. The summed E-state index contributed by atoms with van der Waals surface area (Å²) in [6.45, 7) is 3.37. The number of nitrogens with one attached hydrogen (secondary N) is 1. The molecule has 7 heteroatoms. The number of H-pyrrole nitrogens is 1. The number of benzene rings is 1. The van der Waals surface area contributed by atoms with Gasteiger partial charge in [-0.15, -0.1) is 0 Å². The first-order valence-electron chi connectivity index (χ1n) is 10.5. The Morgan fingerprint density at radius 2 is 2.00 bits per heavy atom. The summed E-state index contributed by atoms with van der Waals surface area (Å²) in [7, 11) is 0. The molecule has 1 aliphatic heterocycles. The average molecular weight is 412 g/mol. The molecule has 0 spiro atoms. The van der Waals surface area contributed by atoms with Crippen molar-refractivity contribution in [2.45, 2.75) is 25.6 Å². The first-order chi connectivity index (χ1) is 14.7. The molecule has 3 heterocycles. The van der Waals surface area contributed by atoms with Crippen molar-refractivity contribution in [2.75, 3.05) is 32.8 Å². The van der Waals surface area contributed by atoms with E-state index in [-0.39, 0.29) is 13.2 Å². The van der Waals surface area contributed by atoms with Gasteiger partial charge in [-0.3, -0.25) is 0 Å². The molecule has 160 valence electrons. The van der Waals surface area contributed by atoms with E-state index in [1.807, 2.05) is 42.5 Å². The third-order valence-corrected chi connectivity index (χ3v) is 5.56. The van der Waals surface area contributed by atoms with Gasteiger partial charge in [-0.25, -0.2) is 4.98 Å². The maximum atomic E-state index is 10.5. The van der Waals surface area contributed by atoms with Crippen molar-refractivity contribution < 1.29 is 19.7 Å². The summed E-state index contributed by atoms with van der Waals surface area (Å²) in [5.74, 6) is 1.91. The largest absolute Gasteiger partial charge is 0.490 e. The van der Waals surface area contributed by atoms with Gasteiger partial charge in [0.15, 0.2) is 0 Å². The molecule has 7 nitrogen and oxygen atoms in total. The number of hydrogen-bond acceptors (Lipinski definition) is 6. The number of piperidine rings is 1. The molecule has 0 aliphatic carbocycles. The third-order valence-electron chi connectivity index (χ3n) is 5.56. The van der Waals surface area contributed by atoms with Crippen LogP contribution in [0.2, 0.25) is 0 Å². The lowest BCUT2D eigenvalue weighted by Gasteiger charge is -2.32. The number of aromatic amines is 1. The van der Waals surface area contributed by atoms with Gasteiger partial charge >= 0.3 is 0 Å². The van der Waals surface area contributed by atoms with Gasteiger partial charge in [-0.1, -0.05) is 12.1 Å². The van der Waals surface area contributed by atoms with Gasteiger partial charge in [-0.2, -0.15) is 0 Å². The van der Waals surface area contributed by atoms with Crippen LogP contribution in [0.5, 0.6) is 11.6 Å². The maximum Gasteiger partial charge on any atom is 0.213 e. The summed E-state index contributed by atoms with van der Waals surface area (Å²) < 4.78 is 11.7. The number of fused-ring (bicyclic) bond motifs is 1. The lowest BCUT2D eigenvalue weighted by Crippen LogP contribution is -2.41. The normalized spacial score (nSPS) is 16.6. The number of aliphatic hydroxyl groups excluding tert-OH is 2. The molecule has 1 aliphatic rings. The molecule has 1 unspecified atom stereocenters. The molecule has 0 radical (unpaired) electrons. The number of likely N-dealkylation sites (tertiary alicyclic amines) is 1. The van der Waals surface area contributed by atoms with Gasteiger partial charge in [0.05, 0.1) is 13.2 Å². The Kier molecular flexibility index (Phi) is 6.84. The van der Waals surface area contributed by atoms with Gasteiger partial charge in [0.2, 0.25) is 5.88 Å². The van der Waals surface area contributed by atoms with E-state index >= 15 is 0 Å². The first-order valence-corrected chi connectivity index (χ1v) is 10.5. The van der Waals surface area contributed by atoms with E-state index < -0.39 is 6.10 Å². The van der Waals surface area contributed by atoms with E-state index in [2.05, 4.69) is 14.9 Å². The molecular weight excluding hydrogens is 382 g/mol. The number of ether oxygens (including phenoxy) is 2. The zero-order valence-corrected chi connectivity index (χ0v) is 17.0. The molecular formula is C23H29N3O4. The highest BCUT2D eigenvalue weighted by Gasteiger charge is 2.22. The molecule has 0 saturated carbocycles. The Balaban J connectivity index is 1.20. The minimum absolute atomic E-state index is 0.0421. The highest BCUT2D eigenvalue weighted by molar-refractivity contribution is 5.86. The van der Waals surface area contributed by atoms with Crippen LogP contribution in [0.1, 0.15) is 18.5 Å². The van der Waals surface area contributed by atoms with Crippen molar-refractivity contribution in [1.82, 2.24) is 14.9 Å². The van der Waals surface area contributed by atoms with Crippen molar-refractivity contribution in [3.8, 4) is 11.6 Å². The molecule has 1 saturated heterocycles. The topological polar surface area (TPSA) is 90.8 Å². The van der Waals surface area contributed by atoms with Crippen molar-refractivity contribution in [3.63, 3.8) is 0 Å². The van der Waals surface area contributed by atoms with Crippen LogP contribution in [0.4, 0.5) is 0 Å². The van der Waals surface area contributed by atoms with Crippen molar-refractivity contribution in [2.24, 2.45) is 5.92 Å². The molecule has 0 amide bonds. The van der Waals surface area contributed by atoms with Crippen LogP contribution < -0.4 is 9.47 Å². The number of hydrogen-bond donors (Lipinski definition) is 3. The Bertz CT molecular complexity index is 923. The summed E-state index contributed by atoms with van der Waals surface area (Å²) in [4.78, 5) is 9.63. The van der Waals surface area contributed by atoms with E-state index in [1.54, 1.807) is 6.20 Å². The fourth-order valence-corrected chi connectivity index (χ4v) is 3.90. The number of aliphatic hydroxyl groups is 2. The van der Waals surface area contributed by atoms with Crippen LogP contribution in [0.25, 0.3) is 10.9 Å². The standard InChI is InChI=1S/C23H29N3O4/c27-14-18-12-20-21(25-18)4-3-5-22(20)29-16-19(28)13-26-10-7-17(8-11-26)15-30-23-6-1-2-9-24-23/h1-6,9,12,17,19,25,27-28H,7-8,10-11,13-16H2. The van der Waals surface area contributed by atoms with Gasteiger partial charge < -0.3 is 29.6 Å². The van der Waals surface area contributed by atoms with Gasteiger partial charge in [0.25, 0.3) is 0 Å². The Morgan fingerprint density at radius 3 is 2.77 bits per heavy atom. The van der Waals surface area contributed by atoms with Gasteiger partial charge in [0.1, 0.15) is 18.5 Å². The van der Waals surface area contributed by atoms with Crippen LogP contribution in [-0.2, 0) is 6.61 Å². The summed E-state index contributed by atoms with van der Waals surface area (Å²) in [6, 6.07) is 13.3. The zero-order valence-electron chi connectivity index (χ0n) is 17.0. The average Bonchev–Trinajstić information content (AvgIpc) is 3.22. The number of pyridine rings is 1. The Labute approximate surface area is 176 Å². The van der Waals surface area contributed by atoms with E-state index in [1.165, 1.54) is 0 Å². The van der Waals surface area contributed by atoms with Gasteiger partial charge in [0, 0.05) is 35.4 Å². The molecule has 3 aromatic rings. The molecule has 2 aromatic heterocycles. The van der Waals surface area contributed by atoms with Crippen molar-refractivity contribution >= 4 is 10.9 Å². The fourth-order valence-electron chi connectivity index (χ4n) is 3.90. The molecule has 1 fully saturated rings. The highest BCUT2D eigenvalue weighted by Crippen LogP contribution is 2.26. The van der Waals surface area contributed by atoms with Crippen LogP contribution in [0.15, 0.2) is 48.7 Å². The second-order valence-corrected chi connectivity index (χ2v) is 7.86. The van der Waals surface area contributed by atoms with Crippen molar-refractivity contribution in [3.05, 3.63) is 54.4 Å². The summed E-state index contributed by atoms with van der Waals surface area (Å²) in [5, 5.41) is 20.7. The molecule has 3 N–H and O–H groups in total. The molecule has 4 rings (SSSR count). The second-order valence-electron chi connectivity index (χ2n) is 7.86. The zero-order chi connectivity index (χ0) is 20.8. The van der Waals surface area contributed by atoms with E-state index in [0.29, 0.717) is 30.7 Å². The van der Waals surface area contributed by atoms with Crippen LogP contribution in [0, 0.1) is 5.92 Å². The lowest BCUT2D eigenvalue weighted by molar-refractivity contribution is 0.0505. The summed E-state index contributed by atoms with van der Waals surface area (Å²) in [5.41, 5.74) is 1.66. The second kappa shape index (κ2) is 9.93. The molecule has 1 aromatic carbocycles. The van der Waals surface area contributed by atoms with Crippen LogP contribution in [0.3, 0.4) is 0 Å². The predicted octanol–water partition coefficient (Wildman–Crippen LogP) is 2.59. The molecule has 30 heavy (non-hydrogen) atoms. The highest BCUT2D eigenvalue weighted by atomic mass is 16.5. The summed E-state index contributed by atoms with van der Waals surface area (Å²) >= 11 is 0. The predicted molar refractivity (Wildman–Crippen MR) is 115 cm³/mol. The lowest BCUT2D eigenvalue weighted by atomic mass is 9.97. The van der Waals surface area contributed by atoms with Crippen molar-refractivity contribution in [1.29, 1.82) is 0 Å².